The summed E-state index contributed by atoms with van der Waals surface area (Å²) in [4.78, 5) is 11.9. The average Bonchev–Trinajstić information content (AvgIpc) is 2.95. The largest absolute Gasteiger partial charge is 0.467 e. The molecule has 1 amide bonds. The second kappa shape index (κ2) is 8.07. The van der Waals surface area contributed by atoms with Crippen LogP contribution in [0.1, 0.15) is 31.9 Å². The predicted octanol–water partition coefficient (Wildman–Crippen LogP) is 1.69. The van der Waals surface area contributed by atoms with Crippen molar-refractivity contribution in [3.8, 4) is 0 Å². The summed E-state index contributed by atoms with van der Waals surface area (Å²) in [5.41, 5.74) is 0. The molecular formula is C15H24N2O3. The lowest BCUT2D eigenvalue weighted by Gasteiger charge is -2.27. The number of ether oxygens (including phenoxy) is 1. The van der Waals surface area contributed by atoms with Crippen LogP contribution in [0.4, 0.5) is 0 Å². The number of amides is 1. The van der Waals surface area contributed by atoms with E-state index in [0.29, 0.717) is 25.7 Å². The van der Waals surface area contributed by atoms with E-state index in [-0.39, 0.29) is 11.9 Å². The summed E-state index contributed by atoms with van der Waals surface area (Å²) in [5.74, 6) is 1.57. The number of nitrogens with one attached hydrogen (secondary N) is 2. The van der Waals surface area contributed by atoms with Crippen LogP contribution in [0.3, 0.4) is 0 Å². The molecule has 0 aromatic carbocycles. The molecule has 1 saturated heterocycles. The number of carbonyl (C=O) groups excluding carboxylic acids is 1. The van der Waals surface area contributed by atoms with E-state index in [1.54, 1.807) is 6.26 Å². The van der Waals surface area contributed by atoms with E-state index in [2.05, 4.69) is 17.6 Å². The second-order valence-electron chi connectivity index (χ2n) is 5.41. The zero-order chi connectivity index (χ0) is 14.2. The Bertz CT molecular complexity index is 392. The summed E-state index contributed by atoms with van der Waals surface area (Å²) < 4.78 is 10.6. The lowest BCUT2D eigenvalue weighted by Crippen LogP contribution is -2.48. The molecule has 1 aliphatic heterocycles. The molecule has 5 heteroatoms. The third-order valence-electron chi connectivity index (χ3n) is 3.57. The Morgan fingerprint density at radius 2 is 2.50 bits per heavy atom. The van der Waals surface area contributed by atoms with Gasteiger partial charge in [-0.25, -0.2) is 0 Å². The molecule has 0 spiro atoms. The molecule has 112 valence electrons. The highest BCUT2D eigenvalue weighted by atomic mass is 16.5. The van der Waals surface area contributed by atoms with Gasteiger partial charge >= 0.3 is 0 Å². The van der Waals surface area contributed by atoms with E-state index < -0.39 is 0 Å². The number of rotatable bonds is 7. The standard InChI is InChI=1S/C15H24N2O3/c1-12-5-7-16-14(10-12)15(18)17-6-3-8-19-11-13-4-2-9-20-13/h2,4,9,12,14,16H,3,5-8,10-11H2,1H3,(H,17,18). The third kappa shape index (κ3) is 4.98. The number of piperidine rings is 1. The normalized spacial score (nSPS) is 22.6. The van der Waals surface area contributed by atoms with Crippen molar-refractivity contribution in [2.45, 2.75) is 38.8 Å². The van der Waals surface area contributed by atoms with E-state index >= 15 is 0 Å². The first kappa shape index (κ1) is 15.1. The molecule has 2 unspecified atom stereocenters. The summed E-state index contributed by atoms with van der Waals surface area (Å²) in [6, 6.07) is 3.71. The predicted molar refractivity (Wildman–Crippen MR) is 76.2 cm³/mol. The number of furan rings is 1. The molecule has 2 atom stereocenters. The highest BCUT2D eigenvalue weighted by Crippen LogP contribution is 2.14. The van der Waals surface area contributed by atoms with Gasteiger partial charge < -0.3 is 19.8 Å². The third-order valence-corrected chi connectivity index (χ3v) is 3.57. The van der Waals surface area contributed by atoms with Crippen LogP contribution in [0.5, 0.6) is 0 Å². The van der Waals surface area contributed by atoms with Gasteiger partial charge in [0.05, 0.1) is 12.3 Å². The maximum absolute atomic E-state index is 11.9. The lowest BCUT2D eigenvalue weighted by molar-refractivity contribution is -0.124. The fourth-order valence-electron chi connectivity index (χ4n) is 2.38. The SMILES string of the molecule is CC1CCNC(C(=O)NCCCOCc2ccco2)C1. The van der Waals surface area contributed by atoms with Crippen LogP contribution >= 0.6 is 0 Å². The Hall–Kier alpha value is -1.33. The summed E-state index contributed by atoms with van der Waals surface area (Å²) in [6.07, 6.45) is 4.54. The van der Waals surface area contributed by atoms with Crippen LogP contribution in [0.15, 0.2) is 22.8 Å². The monoisotopic (exact) mass is 280 g/mol. The van der Waals surface area contributed by atoms with Crippen molar-refractivity contribution >= 4 is 5.91 Å². The average molecular weight is 280 g/mol. The van der Waals surface area contributed by atoms with Crippen molar-refractivity contribution in [1.29, 1.82) is 0 Å². The molecule has 0 saturated carbocycles. The molecule has 20 heavy (non-hydrogen) atoms. The fraction of sp³-hybridized carbons (Fsp3) is 0.667. The molecule has 1 aliphatic rings. The first-order valence-corrected chi connectivity index (χ1v) is 7.37. The van der Waals surface area contributed by atoms with Crippen LogP contribution in [0.2, 0.25) is 0 Å². The summed E-state index contributed by atoms with van der Waals surface area (Å²) in [5, 5.41) is 6.23. The first-order chi connectivity index (χ1) is 9.75. The van der Waals surface area contributed by atoms with Gasteiger partial charge in [0.25, 0.3) is 0 Å². The molecule has 0 bridgehead atoms. The molecule has 0 radical (unpaired) electrons. The summed E-state index contributed by atoms with van der Waals surface area (Å²) in [6.45, 7) is 4.90. The molecule has 2 heterocycles. The molecular weight excluding hydrogens is 256 g/mol. The van der Waals surface area contributed by atoms with Crippen LogP contribution in [0, 0.1) is 5.92 Å². The van der Waals surface area contributed by atoms with Crippen molar-refractivity contribution in [3.63, 3.8) is 0 Å². The smallest absolute Gasteiger partial charge is 0.237 e. The zero-order valence-electron chi connectivity index (χ0n) is 12.1. The van der Waals surface area contributed by atoms with Gasteiger partial charge in [-0.3, -0.25) is 4.79 Å². The van der Waals surface area contributed by atoms with E-state index in [4.69, 9.17) is 9.15 Å². The van der Waals surface area contributed by atoms with Crippen LogP contribution in [-0.2, 0) is 16.1 Å². The first-order valence-electron chi connectivity index (χ1n) is 7.37. The van der Waals surface area contributed by atoms with Crippen molar-refractivity contribution < 1.29 is 13.9 Å². The minimum absolute atomic E-state index is 0.0252. The Morgan fingerprint density at radius 3 is 3.25 bits per heavy atom. The Morgan fingerprint density at radius 1 is 1.60 bits per heavy atom. The maximum Gasteiger partial charge on any atom is 0.237 e. The van der Waals surface area contributed by atoms with E-state index in [0.717, 1.165) is 31.6 Å². The van der Waals surface area contributed by atoms with Gasteiger partial charge in [0.2, 0.25) is 5.91 Å². The van der Waals surface area contributed by atoms with Gasteiger partial charge in [0.15, 0.2) is 0 Å². The molecule has 1 aromatic rings. The van der Waals surface area contributed by atoms with Crippen molar-refractivity contribution in [2.24, 2.45) is 5.92 Å². The van der Waals surface area contributed by atoms with Gasteiger partial charge in [-0.1, -0.05) is 6.92 Å². The van der Waals surface area contributed by atoms with Gasteiger partial charge in [-0.15, -0.1) is 0 Å². The van der Waals surface area contributed by atoms with Crippen molar-refractivity contribution in [3.05, 3.63) is 24.2 Å². The van der Waals surface area contributed by atoms with Gasteiger partial charge in [-0.05, 0) is 43.9 Å². The molecule has 1 aromatic heterocycles. The van der Waals surface area contributed by atoms with Gasteiger partial charge in [0, 0.05) is 13.2 Å². The highest BCUT2D eigenvalue weighted by Gasteiger charge is 2.23. The molecule has 5 nitrogen and oxygen atoms in total. The van der Waals surface area contributed by atoms with Crippen LogP contribution < -0.4 is 10.6 Å². The van der Waals surface area contributed by atoms with Crippen LogP contribution in [-0.4, -0.2) is 31.6 Å². The number of hydrogen-bond donors (Lipinski definition) is 2. The van der Waals surface area contributed by atoms with Gasteiger partial charge in [0.1, 0.15) is 12.4 Å². The lowest BCUT2D eigenvalue weighted by atomic mass is 9.94. The molecule has 1 fully saturated rings. The molecule has 0 aliphatic carbocycles. The minimum Gasteiger partial charge on any atom is -0.467 e. The maximum atomic E-state index is 11.9. The summed E-state index contributed by atoms with van der Waals surface area (Å²) in [7, 11) is 0. The fourth-order valence-corrected chi connectivity index (χ4v) is 2.38. The van der Waals surface area contributed by atoms with Crippen LogP contribution in [0.25, 0.3) is 0 Å². The zero-order valence-corrected chi connectivity index (χ0v) is 12.1. The van der Waals surface area contributed by atoms with Crippen molar-refractivity contribution in [1.82, 2.24) is 10.6 Å². The Labute approximate surface area is 120 Å². The van der Waals surface area contributed by atoms with E-state index in [1.807, 2.05) is 12.1 Å². The Balaban J connectivity index is 1.51. The quantitative estimate of drug-likeness (QED) is 0.746. The summed E-state index contributed by atoms with van der Waals surface area (Å²) >= 11 is 0. The molecule has 2 rings (SSSR count). The number of carbonyl (C=O) groups is 1. The van der Waals surface area contributed by atoms with Crippen molar-refractivity contribution in [2.75, 3.05) is 19.7 Å². The van der Waals surface area contributed by atoms with E-state index in [1.165, 1.54) is 0 Å². The van der Waals surface area contributed by atoms with Gasteiger partial charge in [-0.2, -0.15) is 0 Å². The topological polar surface area (TPSA) is 63.5 Å². The molecule has 2 N–H and O–H groups in total. The number of hydrogen-bond acceptors (Lipinski definition) is 4. The highest BCUT2D eigenvalue weighted by molar-refractivity contribution is 5.81. The minimum atomic E-state index is -0.0252. The second-order valence-corrected chi connectivity index (χ2v) is 5.41. The Kier molecular flexibility index (Phi) is 6.08. The van der Waals surface area contributed by atoms with E-state index in [9.17, 15) is 4.79 Å².